The molecule has 136 valence electrons. The van der Waals surface area contributed by atoms with Gasteiger partial charge in [-0.25, -0.2) is 4.79 Å². The van der Waals surface area contributed by atoms with Crippen LogP contribution in [-0.4, -0.2) is 54.2 Å². The van der Waals surface area contributed by atoms with Gasteiger partial charge in [0.15, 0.2) is 0 Å². The third-order valence-electron chi connectivity index (χ3n) is 5.29. The van der Waals surface area contributed by atoms with Crippen LogP contribution in [0.2, 0.25) is 0 Å². The Balaban J connectivity index is 2.38. The molecule has 0 radical (unpaired) electrons. The maximum atomic E-state index is 12.1. The summed E-state index contributed by atoms with van der Waals surface area (Å²) in [6.45, 7) is 17.7. The molecular formula is C19H38N2O2. The summed E-state index contributed by atoms with van der Waals surface area (Å²) in [5.74, 6) is 0.624. The van der Waals surface area contributed by atoms with Crippen LogP contribution in [0.4, 0.5) is 4.79 Å². The first-order chi connectivity index (χ1) is 10.5. The van der Waals surface area contributed by atoms with Crippen molar-refractivity contribution < 1.29 is 9.53 Å². The second kappa shape index (κ2) is 7.87. The van der Waals surface area contributed by atoms with Crippen molar-refractivity contribution in [2.24, 2.45) is 11.3 Å². The molecule has 2 atom stereocenters. The monoisotopic (exact) mass is 326 g/mol. The van der Waals surface area contributed by atoms with Gasteiger partial charge < -0.3 is 14.5 Å². The van der Waals surface area contributed by atoms with Crippen molar-refractivity contribution in [2.45, 2.75) is 79.4 Å². The molecule has 1 rings (SSSR count). The van der Waals surface area contributed by atoms with E-state index in [4.69, 9.17) is 4.74 Å². The molecule has 0 aromatic rings. The summed E-state index contributed by atoms with van der Waals surface area (Å²) < 4.78 is 5.45. The zero-order chi connectivity index (χ0) is 17.8. The van der Waals surface area contributed by atoms with E-state index in [0.717, 1.165) is 13.1 Å². The summed E-state index contributed by atoms with van der Waals surface area (Å²) in [4.78, 5) is 16.4. The molecule has 0 N–H and O–H groups in total. The summed E-state index contributed by atoms with van der Waals surface area (Å²) in [7, 11) is 2.22. The predicted octanol–water partition coefficient (Wildman–Crippen LogP) is 4.39. The van der Waals surface area contributed by atoms with Crippen LogP contribution < -0.4 is 0 Å². The van der Waals surface area contributed by atoms with Crippen molar-refractivity contribution in [3.63, 3.8) is 0 Å². The number of ether oxygens (including phenoxy) is 1. The van der Waals surface area contributed by atoms with Crippen LogP contribution >= 0.6 is 0 Å². The van der Waals surface area contributed by atoms with E-state index in [2.05, 4.69) is 39.6 Å². The lowest BCUT2D eigenvalue weighted by atomic mass is 9.70. The average Bonchev–Trinajstić information content (AvgIpc) is 2.38. The number of carbonyl (C=O) groups excluding carboxylic acids is 1. The van der Waals surface area contributed by atoms with Crippen LogP contribution in [-0.2, 0) is 4.74 Å². The minimum atomic E-state index is -0.409. The molecule has 1 fully saturated rings. The Morgan fingerprint density at radius 1 is 1.26 bits per heavy atom. The average molecular weight is 327 g/mol. The van der Waals surface area contributed by atoms with E-state index in [1.165, 1.54) is 25.8 Å². The lowest BCUT2D eigenvalue weighted by Gasteiger charge is -2.51. The minimum Gasteiger partial charge on any atom is -0.444 e. The first-order valence-corrected chi connectivity index (χ1v) is 9.16. The normalized spacial score (nSPS) is 20.1. The molecule has 0 aromatic carbocycles. The van der Waals surface area contributed by atoms with Gasteiger partial charge in [-0.3, -0.25) is 0 Å². The van der Waals surface area contributed by atoms with Gasteiger partial charge in [-0.1, -0.05) is 20.8 Å². The van der Waals surface area contributed by atoms with Gasteiger partial charge in [-0.2, -0.15) is 0 Å². The van der Waals surface area contributed by atoms with E-state index in [9.17, 15) is 4.79 Å². The fourth-order valence-electron chi connectivity index (χ4n) is 3.23. The van der Waals surface area contributed by atoms with Crippen molar-refractivity contribution in [1.29, 1.82) is 0 Å². The van der Waals surface area contributed by atoms with E-state index in [1.807, 2.05) is 25.7 Å². The van der Waals surface area contributed by atoms with Gasteiger partial charge in [0.1, 0.15) is 5.60 Å². The number of nitrogens with zero attached hydrogens (tertiary/aromatic N) is 2. The molecule has 1 saturated heterocycles. The molecule has 0 spiro atoms. The van der Waals surface area contributed by atoms with Crippen LogP contribution in [0.5, 0.6) is 0 Å². The van der Waals surface area contributed by atoms with Gasteiger partial charge in [0.25, 0.3) is 0 Å². The van der Waals surface area contributed by atoms with Crippen molar-refractivity contribution in [3.8, 4) is 0 Å². The number of carbonyl (C=O) groups is 1. The molecule has 1 aliphatic heterocycles. The largest absolute Gasteiger partial charge is 0.444 e. The number of hydrogen-bond acceptors (Lipinski definition) is 3. The Bertz CT molecular complexity index is 383. The highest BCUT2D eigenvalue weighted by atomic mass is 16.6. The van der Waals surface area contributed by atoms with Gasteiger partial charge in [0.2, 0.25) is 0 Å². The molecule has 0 saturated carbocycles. The van der Waals surface area contributed by atoms with Gasteiger partial charge in [0.05, 0.1) is 0 Å². The van der Waals surface area contributed by atoms with E-state index in [1.54, 1.807) is 0 Å². The number of hydrogen-bond donors (Lipinski definition) is 0. The Hall–Kier alpha value is -0.770. The third-order valence-corrected chi connectivity index (χ3v) is 5.29. The lowest BCUT2D eigenvalue weighted by Crippen LogP contribution is -2.60. The topological polar surface area (TPSA) is 32.8 Å². The molecule has 1 heterocycles. The third kappa shape index (κ3) is 5.98. The first-order valence-electron chi connectivity index (χ1n) is 9.16. The number of amides is 1. The lowest BCUT2D eigenvalue weighted by molar-refractivity contribution is -0.0503. The summed E-state index contributed by atoms with van der Waals surface area (Å²) in [6, 6.07) is 0.628. The maximum absolute atomic E-state index is 12.1. The standard InChI is InChI=1S/C19H38N2O2/c1-9-12-20(8)16(3)11-10-15(2)19(7)13-21(14-19)17(22)23-18(4,5)6/h15-16H,9-14H2,1-8H3. The van der Waals surface area contributed by atoms with Gasteiger partial charge >= 0.3 is 6.09 Å². The highest BCUT2D eigenvalue weighted by molar-refractivity contribution is 5.69. The Labute approximate surface area is 143 Å². The number of likely N-dealkylation sites (tertiary alicyclic amines) is 1. The van der Waals surface area contributed by atoms with Crippen molar-refractivity contribution in [2.75, 3.05) is 26.7 Å². The maximum Gasteiger partial charge on any atom is 0.410 e. The van der Waals surface area contributed by atoms with E-state index in [-0.39, 0.29) is 11.5 Å². The zero-order valence-electron chi connectivity index (χ0n) is 16.6. The second-order valence-electron chi connectivity index (χ2n) is 8.80. The first kappa shape index (κ1) is 20.3. The summed E-state index contributed by atoms with van der Waals surface area (Å²) in [5, 5.41) is 0. The summed E-state index contributed by atoms with van der Waals surface area (Å²) >= 11 is 0. The van der Waals surface area contributed by atoms with E-state index < -0.39 is 5.60 Å². The van der Waals surface area contributed by atoms with Crippen LogP contribution in [0.3, 0.4) is 0 Å². The summed E-state index contributed by atoms with van der Waals surface area (Å²) in [5.41, 5.74) is -0.173. The van der Waals surface area contributed by atoms with Crippen LogP contribution in [0.1, 0.15) is 67.7 Å². The fourth-order valence-corrected chi connectivity index (χ4v) is 3.23. The molecule has 23 heavy (non-hydrogen) atoms. The molecule has 0 aromatic heterocycles. The van der Waals surface area contributed by atoms with E-state index in [0.29, 0.717) is 12.0 Å². The minimum absolute atomic E-state index is 0.168. The molecule has 4 nitrogen and oxygen atoms in total. The van der Waals surface area contributed by atoms with Crippen LogP contribution in [0.25, 0.3) is 0 Å². The summed E-state index contributed by atoms with van der Waals surface area (Å²) in [6.07, 6.45) is 3.48. The Morgan fingerprint density at radius 3 is 2.30 bits per heavy atom. The molecule has 0 aliphatic carbocycles. The van der Waals surface area contributed by atoms with Crippen LogP contribution in [0, 0.1) is 11.3 Å². The quantitative estimate of drug-likeness (QED) is 0.695. The van der Waals surface area contributed by atoms with Gasteiger partial charge in [-0.15, -0.1) is 0 Å². The van der Waals surface area contributed by atoms with Crippen LogP contribution in [0.15, 0.2) is 0 Å². The Morgan fingerprint density at radius 2 is 1.83 bits per heavy atom. The smallest absolute Gasteiger partial charge is 0.410 e. The van der Waals surface area contributed by atoms with Gasteiger partial charge in [0, 0.05) is 24.5 Å². The SMILES string of the molecule is CCCN(C)C(C)CCC(C)C1(C)CN(C(=O)OC(C)(C)C)C1. The Kier molecular flexibility index (Phi) is 6.94. The fraction of sp³-hybridized carbons (Fsp3) is 0.947. The van der Waals surface area contributed by atoms with Crippen molar-refractivity contribution >= 4 is 6.09 Å². The number of rotatable bonds is 7. The predicted molar refractivity (Wildman–Crippen MR) is 96.7 cm³/mol. The molecule has 1 aliphatic rings. The highest BCUT2D eigenvalue weighted by Crippen LogP contribution is 2.40. The second-order valence-corrected chi connectivity index (χ2v) is 8.80. The highest BCUT2D eigenvalue weighted by Gasteiger charge is 2.46. The van der Waals surface area contributed by atoms with Gasteiger partial charge in [-0.05, 0) is 66.5 Å². The van der Waals surface area contributed by atoms with Crippen molar-refractivity contribution in [1.82, 2.24) is 9.80 Å². The molecule has 4 heteroatoms. The molecular weight excluding hydrogens is 288 g/mol. The van der Waals surface area contributed by atoms with Crippen molar-refractivity contribution in [3.05, 3.63) is 0 Å². The molecule has 0 bridgehead atoms. The molecule has 1 amide bonds. The molecule has 2 unspecified atom stereocenters. The van der Waals surface area contributed by atoms with E-state index >= 15 is 0 Å². The zero-order valence-corrected chi connectivity index (χ0v) is 16.6.